The average molecular weight is 305 g/mol. The maximum absolute atomic E-state index is 10.5. The Morgan fingerprint density at radius 1 is 1.36 bits per heavy atom. The highest BCUT2D eigenvalue weighted by Gasteiger charge is 2.16. The van der Waals surface area contributed by atoms with E-state index in [2.05, 4.69) is 19.2 Å². The minimum absolute atomic E-state index is 0.409. The topological polar surface area (TPSA) is 69.0 Å². The molecule has 0 radical (unpaired) electrons. The molecule has 0 aliphatic rings. The number of fused-ring (bicyclic) bond motifs is 1. The van der Waals surface area contributed by atoms with Crippen molar-refractivity contribution in [3.05, 3.63) is 30.5 Å². The largest absolute Gasteiger partial charge is 0.464 e. The third-order valence-corrected chi connectivity index (χ3v) is 3.33. The van der Waals surface area contributed by atoms with E-state index in [9.17, 15) is 10.0 Å². The van der Waals surface area contributed by atoms with Crippen molar-refractivity contribution < 1.29 is 14.4 Å². The normalized spacial score (nSPS) is 11.3. The third kappa shape index (κ3) is 4.22. The fourth-order valence-electron chi connectivity index (χ4n) is 2.35. The van der Waals surface area contributed by atoms with E-state index in [4.69, 9.17) is 4.42 Å². The summed E-state index contributed by atoms with van der Waals surface area (Å²) in [6.07, 6.45) is 3.08. The zero-order valence-corrected chi connectivity index (χ0v) is 13.0. The molecule has 0 atom stereocenters. The summed E-state index contributed by atoms with van der Waals surface area (Å²) in [4.78, 5) is 10.3. The Balaban J connectivity index is 2.08. The van der Waals surface area contributed by atoms with Gasteiger partial charge < -0.3 is 9.73 Å². The lowest BCUT2D eigenvalue weighted by Crippen LogP contribution is -2.44. The van der Waals surface area contributed by atoms with Gasteiger partial charge in [-0.05, 0) is 36.6 Å². The van der Waals surface area contributed by atoms with Crippen LogP contribution in [0.25, 0.3) is 11.0 Å². The Labute approximate surface area is 130 Å². The number of hydrogen-bond donors (Lipinski definition) is 2. The number of carbonyl (C=O) groups is 1. The second-order valence-corrected chi connectivity index (χ2v) is 5.66. The van der Waals surface area contributed by atoms with Crippen molar-refractivity contribution >= 4 is 23.1 Å². The zero-order valence-electron chi connectivity index (χ0n) is 13.0. The number of anilines is 1. The molecule has 0 fully saturated rings. The molecule has 0 aliphatic heterocycles. The standard InChI is InChI=1S/C16H23N3O3/c1-13(2)11-18(8-3-7-17-12-20)19(21)15-4-5-16-14(10-15)6-9-22-16/h4-6,9-10,12-13,21H,3,7-8,11H2,1-2H3,(H,17,20). The molecule has 0 spiro atoms. The number of hydrogen-bond acceptors (Lipinski definition) is 5. The van der Waals surface area contributed by atoms with Gasteiger partial charge in [0.1, 0.15) is 5.58 Å². The summed E-state index contributed by atoms with van der Waals surface area (Å²) >= 11 is 0. The maximum Gasteiger partial charge on any atom is 0.207 e. The summed E-state index contributed by atoms with van der Waals surface area (Å²) in [5.74, 6) is 0.409. The first-order chi connectivity index (χ1) is 10.6. The molecule has 0 unspecified atom stereocenters. The maximum atomic E-state index is 10.5. The average Bonchev–Trinajstić information content (AvgIpc) is 2.96. The van der Waals surface area contributed by atoms with E-state index in [1.807, 2.05) is 29.3 Å². The Kier molecular flexibility index (Phi) is 5.80. The van der Waals surface area contributed by atoms with Crippen molar-refractivity contribution in [2.24, 2.45) is 5.92 Å². The first-order valence-corrected chi connectivity index (χ1v) is 7.50. The van der Waals surface area contributed by atoms with E-state index in [0.717, 1.165) is 23.9 Å². The minimum atomic E-state index is 0.409. The molecule has 2 rings (SSSR count). The number of amides is 1. The van der Waals surface area contributed by atoms with Crippen molar-refractivity contribution in [3.8, 4) is 0 Å². The molecule has 0 saturated heterocycles. The Morgan fingerprint density at radius 3 is 2.91 bits per heavy atom. The summed E-state index contributed by atoms with van der Waals surface area (Å²) in [5.41, 5.74) is 1.49. The van der Waals surface area contributed by atoms with Crippen LogP contribution in [0.2, 0.25) is 0 Å². The number of furan rings is 1. The van der Waals surface area contributed by atoms with Crippen molar-refractivity contribution in [2.75, 3.05) is 24.8 Å². The van der Waals surface area contributed by atoms with Gasteiger partial charge in [0.05, 0.1) is 12.0 Å². The monoisotopic (exact) mass is 305 g/mol. The van der Waals surface area contributed by atoms with Gasteiger partial charge in [-0.15, -0.1) is 0 Å². The zero-order chi connectivity index (χ0) is 15.9. The summed E-state index contributed by atoms with van der Waals surface area (Å²) < 4.78 is 5.31. The highest BCUT2D eigenvalue weighted by Crippen LogP contribution is 2.23. The van der Waals surface area contributed by atoms with Gasteiger partial charge in [-0.3, -0.25) is 10.0 Å². The Morgan fingerprint density at radius 2 is 2.18 bits per heavy atom. The molecule has 6 heteroatoms. The van der Waals surface area contributed by atoms with Crippen LogP contribution in [-0.4, -0.2) is 36.3 Å². The number of hydrazine groups is 1. The Bertz CT molecular complexity index is 597. The van der Waals surface area contributed by atoms with Crippen LogP contribution in [0.3, 0.4) is 0 Å². The highest BCUT2D eigenvalue weighted by atomic mass is 16.5. The summed E-state index contributed by atoms with van der Waals surface area (Å²) in [7, 11) is 0. The van der Waals surface area contributed by atoms with Crippen LogP contribution >= 0.6 is 0 Å². The predicted octanol–water partition coefficient (Wildman–Crippen LogP) is 2.64. The molecule has 1 aromatic heterocycles. The van der Waals surface area contributed by atoms with Crippen LogP contribution in [0, 0.1) is 5.92 Å². The third-order valence-electron chi connectivity index (χ3n) is 3.33. The van der Waals surface area contributed by atoms with Crippen LogP contribution in [-0.2, 0) is 4.79 Å². The number of benzene rings is 1. The van der Waals surface area contributed by atoms with E-state index in [0.29, 0.717) is 31.1 Å². The van der Waals surface area contributed by atoms with Crippen LogP contribution in [0.5, 0.6) is 0 Å². The fraction of sp³-hybridized carbons (Fsp3) is 0.438. The van der Waals surface area contributed by atoms with Gasteiger partial charge in [0.25, 0.3) is 0 Å². The van der Waals surface area contributed by atoms with Gasteiger partial charge >= 0.3 is 0 Å². The molecular weight excluding hydrogens is 282 g/mol. The molecule has 0 bridgehead atoms. The lowest BCUT2D eigenvalue weighted by Gasteiger charge is -2.32. The summed E-state index contributed by atoms with van der Waals surface area (Å²) in [5, 5.41) is 17.2. The van der Waals surface area contributed by atoms with E-state index < -0.39 is 0 Å². The lowest BCUT2D eigenvalue weighted by molar-refractivity contribution is -0.109. The van der Waals surface area contributed by atoms with Gasteiger partial charge in [0.2, 0.25) is 6.41 Å². The number of nitrogens with one attached hydrogen (secondary N) is 1. The van der Waals surface area contributed by atoms with Crippen molar-refractivity contribution in [1.82, 2.24) is 10.3 Å². The van der Waals surface area contributed by atoms with Crippen molar-refractivity contribution in [1.29, 1.82) is 0 Å². The fourth-order valence-corrected chi connectivity index (χ4v) is 2.35. The highest BCUT2D eigenvalue weighted by molar-refractivity contribution is 5.80. The lowest BCUT2D eigenvalue weighted by atomic mass is 10.2. The van der Waals surface area contributed by atoms with Crippen molar-refractivity contribution in [2.45, 2.75) is 20.3 Å². The molecule has 2 N–H and O–H groups in total. The van der Waals surface area contributed by atoms with E-state index in [1.165, 1.54) is 5.17 Å². The van der Waals surface area contributed by atoms with Gasteiger partial charge in [0, 0.05) is 25.0 Å². The molecule has 1 aromatic carbocycles. The number of nitrogens with zero attached hydrogens (tertiary/aromatic N) is 2. The molecule has 120 valence electrons. The summed E-state index contributed by atoms with van der Waals surface area (Å²) in [6.45, 7) is 6.17. The molecule has 22 heavy (non-hydrogen) atoms. The van der Waals surface area contributed by atoms with Gasteiger partial charge in [-0.25, -0.2) is 0 Å². The van der Waals surface area contributed by atoms with Crippen LogP contribution in [0.4, 0.5) is 5.69 Å². The quantitative estimate of drug-likeness (QED) is 0.423. The van der Waals surface area contributed by atoms with Gasteiger partial charge in [0.15, 0.2) is 0 Å². The predicted molar refractivity (Wildman–Crippen MR) is 85.6 cm³/mol. The van der Waals surface area contributed by atoms with Gasteiger partial charge in [-0.2, -0.15) is 10.2 Å². The first-order valence-electron chi connectivity index (χ1n) is 7.50. The smallest absolute Gasteiger partial charge is 0.207 e. The number of rotatable bonds is 9. The first kappa shape index (κ1) is 16.3. The second kappa shape index (κ2) is 7.82. The number of carbonyl (C=O) groups excluding carboxylic acids is 1. The molecule has 0 saturated carbocycles. The van der Waals surface area contributed by atoms with E-state index in [-0.39, 0.29) is 0 Å². The molecule has 6 nitrogen and oxygen atoms in total. The molecular formula is C16H23N3O3. The molecule has 2 aromatic rings. The SMILES string of the molecule is CC(C)CN(CCCNC=O)N(O)c1ccc2occc2c1. The molecule has 0 aliphatic carbocycles. The molecule has 1 heterocycles. The minimum Gasteiger partial charge on any atom is -0.464 e. The van der Waals surface area contributed by atoms with Crippen LogP contribution in [0.15, 0.2) is 34.9 Å². The van der Waals surface area contributed by atoms with E-state index in [1.54, 1.807) is 6.26 Å². The second-order valence-electron chi connectivity index (χ2n) is 5.66. The summed E-state index contributed by atoms with van der Waals surface area (Å²) in [6, 6.07) is 7.42. The Hall–Kier alpha value is -2.05. The van der Waals surface area contributed by atoms with Crippen LogP contribution < -0.4 is 10.5 Å². The van der Waals surface area contributed by atoms with Crippen molar-refractivity contribution in [3.63, 3.8) is 0 Å². The van der Waals surface area contributed by atoms with E-state index >= 15 is 0 Å². The van der Waals surface area contributed by atoms with Crippen LogP contribution in [0.1, 0.15) is 20.3 Å². The molecule has 1 amide bonds. The van der Waals surface area contributed by atoms with Gasteiger partial charge in [-0.1, -0.05) is 13.8 Å².